The lowest BCUT2D eigenvalue weighted by Crippen LogP contribution is -1.98. The molecule has 0 bridgehead atoms. The van der Waals surface area contributed by atoms with Crippen molar-refractivity contribution in [2.75, 3.05) is 7.11 Å². The smallest absolute Gasteiger partial charge is 0.182 e. The SMILES string of the molecule is COc1cccc2c1[nH]c(=S)n2-c1cc(F)ccc1F. The van der Waals surface area contributed by atoms with Gasteiger partial charge in [0.05, 0.1) is 18.3 Å². The van der Waals surface area contributed by atoms with Crippen LogP contribution in [0.15, 0.2) is 36.4 Å². The van der Waals surface area contributed by atoms with Gasteiger partial charge in [-0.3, -0.25) is 4.57 Å². The molecular weight excluding hydrogens is 282 g/mol. The van der Waals surface area contributed by atoms with Crippen molar-refractivity contribution in [1.82, 2.24) is 9.55 Å². The van der Waals surface area contributed by atoms with Crippen LogP contribution in [-0.2, 0) is 0 Å². The lowest BCUT2D eigenvalue weighted by molar-refractivity contribution is 0.419. The molecule has 0 aliphatic carbocycles. The van der Waals surface area contributed by atoms with Crippen LogP contribution >= 0.6 is 12.2 Å². The van der Waals surface area contributed by atoms with Crippen LogP contribution in [0.5, 0.6) is 5.75 Å². The van der Waals surface area contributed by atoms with E-state index in [4.69, 9.17) is 17.0 Å². The molecule has 6 heteroatoms. The first-order valence-corrected chi connectivity index (χ1v) is 6.26. The van der Waals surface area contributed by atoms with E-state index in [2.05, 4.69) is 4.98 Å². The van der Waals surface area contributed by atoms with Crippen LogP contribution < -0.4 is 4.74 Å². The molecule has 0 saturated heterocycles. The molecule has 0 spiro atoms. The van der Waals surface area contributed by atoms with Crippen LogP contribution in [0.3, 0.4) is 0 Å². The van der Waals surface area contributed by atoms with Gasteiger partial charge in [0.2, 0.25) is 0 Å². The third-order valence-corrected chi connectivity index (χ3v) is 3.33. The molecule has 0 atom stereocenters. The summed E-state index contributed by atoms with van der Waals surface area (Å²) in [5, 5.41) is 0. The Bertz CT molecular complexity index is 854. The van der Waals surface area contributed by atoms with Crippen LogP contribution in [-0.4, -0.2) is 16.7 Å². The third kappa shape index (κ3) is 1.89. The van der Waals surface area contributed by atoms with Gasteiger partial charge in [-0.1, -0.05) is 6.07 Å². The second-order valence-electron chi connectivity index (χ2n) is 4.22. The molecule has 3 nitrogen and oxygen atoms in total. The minimum absolute atomic E-state index is 0.0644. The summed E-state index contributed by atoms with van der Waals surface area (Å²) in [6.45, 7) is 0. The lowest BCUT2D eigenvalue weighted by Gasteiger charge is -2.07. The number of imidazole rings is 1. The van der Waals surface area contributed by atoms with Crippen molar-refractivity contribution in [1.29, 1.82) is 0 Å². The molecule has 1 aromatic heterocycles. The summed E-state index contributed by atoms with van der Waals surface area (Å²) in [7, 11) is 1.53. The van der Waals surface area contributed by atoms with Gasteiger partial charge in [-0.25, -0.2) is 8.78 Å². The Hall–Kier alpha value is -2.21. The van der Waals surface area contributed by atoms with Crippen molar-refractivity contribution in [3.8, 4) is 11.4 Å². The zero-order valence-electron chi connectivity index (χ0n) is 10.5. The number of fused-ring (bicyclic) bond motifs is 1. The zero-order valence-corrected chi connectivity index (χ0v) is 11.3. The van der Waals surface area contributed by atoms with Crippen molar-refractivity contribution in [3.63, 3.8) is 0 Å². The molecule has 102 valence electrons. The second kappa shape index (κ2) is 4.72. The number of aromatic amines is 1. The van der Waals surface area contributed by atoms with Crippen LogP contribution in [0.4, 0.5) is 8.78 Å². The molecule has 0 aliphatic heterocycles. The van der Waals surface area contributed by atoms with Crippen molar-refractivity contribution >= 4 is 23.3 Å². The van der Waals surface area contributed by atoms with Crippen molar-refractivity contribution in [2.45, 2.75) is 0 Å². The molecule has 0 amide bonds. The number of benzene rings is 2. The maximum absolute atomic E-state index is 13.9. The molecule has 0 aliphatic rings. The number of halogens is 2. The maximum atomic E-state index is 13.9. The van der Waals surface area contributed by atoms with Gasteiger partial charge in [0.1, 0.15) is 22.9 Å². The molecular formula is C14H10F2N2OS. The Kier molecular flexibility index (Phi) is 3.02. The highest BCUT2D eigenvalue weighted by Crippen LogP contribution is 2.28. The molecule has 0 fully saturated rings. The molecule has 3 aromatic rings. The van der Waals surface area contributed by atoms with Crippen LogP contribution in [0.25, 0.3) is 16.7 Å². The third-order valence-electron chi connectivity index (χ3n) is 3.05. The van der Waals surface area contributed by atoms with Gasteiger partial charge in [0.15, 0.2) is 4.77 Å². The molecule has 20 heavy (non-hydrogen) atoms. The standard InChI is InChI=1S/C14H10F2N2OS/c1-19-12-4-2-3-10-13(12)17-14(20)18(10)11-7-8(15)5-6-9(11)16/h2-7H,1H3,(H,17,20). The van der Waals surface area contributed by atoms with Crippen LogP contribution in [0.2, 0.25) is 0 Å². The van der Waals surface area contributed by atoms with Gasteiger partial charge < -0.3 is 9.72 Å². The molecule has 1 heterocycles. The van der Waals surface area contributed by atoms with E-state index in [1.807, 2.05) is 0 Å². The van der Waals surface area contributed by atoms with Gasteiger partial charge in [0.25, 0.3) is 0 Å². The van der Waals surface area contributed by atoms with Crippen molar-refractivity contribution in [3.05, 3.63) is 52.8 Å². The Labute approximate surface area is 118 Å². The molecule has 2 aromatic carbocycles. The summed E-state index contributed by atoms with van der Waals surface area (Å²) < 4.78 is 34.3. The van der Waals surface area contributed by atoms with E-state index in [0.29, 0.717) is 16.8 Å². The minimum atomic E-state index is -0.550. The number of aromatic nitrogens is 2. The van der Waals surface area contributed by atoms with Gasteiger partial charge in [-0.2, -0.15) is 0 Å². The number of hydrogen-bond acceptors (Lipinski definition) is 2. The summed E-state index contributed by atoms with van der Waals surface area (Å²) in [5.41, 5.74) is 1.33. The number of methoxy groups -OCH3 is 1. The van der Waals surface area contributed by atoms with E-state index in [1.54, 1.807) is 18.2 Å². The highest BCUT2D eigenvalue weighted by molar-refractivity contribution is 7.71. The van der Waals surface area contributed by atoms with E-state index < -0.39 is 11.6 Å². The summed E-state index contributed by atoms with van der Waals surface area (Å²) in [4.78, 5) is 2.96. The summed E-state index contributed by atoms with van der Waals surface area (Å²) >= 11 is 5.21. The number of nitrogens with zero attached hydrogens (tertiary/aromatic N) is 1. The number of nitrogens with one attached hydrogen (secondary N) is 1. The predicted molar refractivity (Wildman–Crippen MR) is 74.9 cm³/mol. The largest absolute Gasteiger partial charge is 0.494 e. The first-order valence-electron chi connectivity index (χ1n) is 5.85. The molecule has 0 saturated carbocycles. The highest BCUT2D eigenvalue weighted by Gasteiger charge is 2.13. The lowest BCUT2D eigenvalue weighted by atomic mass is 10.2. The van der Waals surface area contributed by atoms with Crippen molar-refractivity contribution < 1.29 is 13.5 Å². The quantitative estimate of drug-likeness (QED) is 0.724. The zero-order chi connectivity index (χ0) is 14.3. The number of H-pyrrole nitrogens is 1. The van der Waals surface area contributed by atoms with E-state index in [-0.39, 0.29) is 10.5 Å². The molecule has 1 N–H and O–H groups in total. The van der Waals surface area contributed by atoms with E-state index in [1.165, 1.54) is 11.7 Å². The Morgan fingerprint density at radius 1 is 1.20 bits per heavy atom. The first kappa shape index (κ1) is 12.8. The first-order chi connectivity index (χ1) is 9.61. The number of para-hydroxylation sites is 1. The topological polar surface area (TPSA) is 29.9 Å². The Balaban J connectivity index is 2.40. The summed E-state index contributed by atoms with van der Waals surface area (Å²) in [5.74, 6) is -0.490. The minimum Gasteiger partial charge on any atom is -0.494 e. The average Bonchev–Trinajstić information content (AvgIpc) is 2.77. The number of rotatable bonds is 2. The highest BCUT2D eigenvalue weighted by atomic mass is 32.1. The fourth-order valence-corrected chi connectivity index (χ4v) is 2.47. The maximum Gasteiger partial charge on any atom is 0.182 e. The van der Waals surface area contributed by atoms with E-state index >= 15 is 0 Å². The molecule has 3 rings (SSSR count). The molecule has 0 unspecified atom stereocenters. The fraction of sp³-hybridized carbons (Fsp3) is 0.0714. The number of hydrogen-bond donors (Lipinski definition) is 1. The van der Waals surface area contributed by atoms with Gasteiger partial charge in [-0.05, 0) is 36.5 Å². The monoisotopic (exact) mass is 292 g/mol. The van der Waals surface area contributed by atoms with Crippen LogP contribution in [0.1, 0.15) is 0 Å². The van der Waals surface area contributed by atoms with E-state index in [0.717, 1.165) is 18.2 Å². The average molecular weight is 292 g/mol. The summed E-state index contributed by atoms with van der Waals surface area (Å²) in [6.07, 6.45) is 0. The second-order valence-corrected chi connectivity index (χ2v) is 4.60. The van der Waals surface area contributed by atoms with E-state index in [9.17, 15) is 8.78 Å². The van der Waals surface area contributed by atoms with Gasteiger partial charge in [0, 0.05) is 6.07 Å². The fourth-order valence-electron chi connectivity index (χ4n) is 2.17. The number of ether oxygens (including phenoxy) is 1. The summed E-state index contributed by atoms with van der Waals surface area (Å²) in [6, 6.07) is 8.53. The van der Waals surface area contributed by atoms with Crippen molar-refractivity contribution in [2.24, 2.45) is 0 Å². The van der Waals surface area contributed by atoms with Gasteiger partial charge >= 0.3 is 0 Å². The van der Waals surface area contributed by atoms with Gasteiger partial charge in [-0.15, -0.1) is 0 Å². The molecule has 0 radical (unpaired) electrons. The predicted octanol–water partition coefficient (Wildman–Crippen LogP) is 3.97. The normalized spacial score (nSPS) is 10.9. The Morgan fingerprint density at radius 2 is 2.00 bits per heavy atom. The Morgan fingerprint density at radius 3 is 2.75 bits per heavy atom. The van der Waals surface area contributed by atoms with Crippen LogP contribution in [0, 0.1) is 16.4 Å².